The van der Waals surface area contributed by atoms with Crippen LogP contribution in [0.5, 0.6) is 0 Å². The number of hydrogen-bond donors (Lipinski definition) is 3. The predicted octanol–water partition coefficient (Wildman–Crippen LogP) is 8.65. The Bertz CT molecular complexity index is 1050. The molecule has 0 saturated heterocycles. The lowest BCUT2D eigenvalue weighted by Gasteiger charge is -2.22. The molecule has 0 aliphatic heterocycles. The molecule has 0 aliphatic carbocycles. The van der Waals surface area contributed by atoms with Crippen LogP contribution in [0, 0.1) is 0 Å². The van der Waals surface area contributed by atoms with Gasteiger partial charge in [0.25, 0.3) is 0 Å². The number of carbonyl (C=O) groups excluding carboxylic acids is 4. The largest absolute Gasteiger partial charge is 0.472 e. The van der Waals surface area contributed by atoms with Gasteiger partial charge in [0.05, 0.1) is 26.1 Å². The van der Waals surface area contributed by atoms with Gasteiger partial charge in [-0.3, -0.25) is 28.2 Å². The van der Waals surface area contributed by atoms with E-state index in [0.717, 1.165) is 38.5 Å². The van der Waals surface area contributed by atoms with Crippen molar-refractivity contribution in [3.63, 3.8) is 0 Å². The number of esters is 4. The fourth-order valence-corrected chi connectivity index (χ4v) is 6.74. The Morgan fingerprint density at radius 3 is 1.12 bits per heavy atom. The van der Waals surface area contributed by atoms with E-state index in [1.165, 1.54) is 89.9 Å². The van der Waals surface area contributed by atoms with Crippen LogP contribution in [-0.4, -0.2) is 94.6 Å². The minimum Gasteiger partial charge on any atom is -0.462 e. The maximum atomic E-state index is 12.9. The number of hydrogen-bond acceptors (Lipinski definition) is 13. The number of phosphoric acid groups is 1. The number of phosphoric ester groups is 1. The maximum absolute atomic E-state index is 12.9. The van der Waals surface area contributed by atoms with Gasteiger partial charge in [-0.2, -0.15) is 0 Å². The maximum Gasteiger partial charge on any atom is 0.472 e. The van der Waals surface area contributed by atoms with Gasteiger partial charge in [-0.05, 0) is 26.9 Å². The normalized spacial score (nSPS) is 13.4. The van der Waals surface area contributed by atoms with Crippen molar-refractivity contribution >= 4 is 31.7 Å². The first-order valence-corrected chi connectivity index (χ1v) is 23.7. The smallest absolute Gasteiger partial charge is 0.462 e. The molecule has 0 aromatic heterocycles. The summed E-state index contributed by atoms with van der Waals surface area (Å²) in [5, 5.41) is 5.64. The van der Waals surface area contributed by atoms with Gasteiger partial charge in [-0.15, -0.1) is 0 Å². The molecule has 57 heavy (non-hydrogen) atoms. The summed E-state index contributed by atoms with van der Waals surface area (Å²) in [6.45, 7) is 3.19. The molecule has 3 atom stereocenters. The first kappa shape index (κ1) is 54.9. The zero-order valence-corrected chi connectivity index (χ0v) is 37.1. The van der Waals surface area contributed by atoms with Gasteiger partial charge in [-0.25, -0.2) is 4.57 Å². The van der Waals surface area contributed by atoms with Crippen molar-refractivity contribution < 1.29 is 56.6 Å². The highest BCUT2D eigenvalue weighted by molar-refractivity contribution is 7.47. The highest BCUT2D eigenvalue weighted by Crippen LogP contribution is 2.43. The van der Waals surface area contributed by atoms with Crippen LogP contribution in [0.15, 0.2) is 0 Å². The van der Waals surface area contributed by atoms with E-state index in [4.69, 9.17) is 28.0 Å². The Balaban J connectivity index is 5.02. The highest BCUT2D eigenvalue weighted by Gasteiger charge is 2.29. The van der Waals surface area contributed by atoms with E-state index in [9.17, 15) is 28.6 Å². The quantitative estimate of drug-likeness (QED) is 0.0230. The Morgan fingerprint density at radius 2 is 0.754 bits per heavy atom. The standard InChI is InChI=1S/C42H81N2O12P/c1-5-7-9-11-13-15-17-19-21-23-25-27-39(45)51-33-37(55-41(47)28-26-24-22-20-18-16-14-12-10-8-6-2)35-53-57(49,50)54-36-38(56-42(48)30-32-44-4)34-52-40(46)29-31-43-3/h37-38,43-44H,5-36H2,1-4H3,(H,49,50). The van der Waals surface area contributed by atoms with Crippen molar-refractivity contribution in [2.24, 2.45) is 0 Å². The number of nitrogens with one attached hydrogen (secondary N) is 2. The third-order valence-electron chi connectivity index (χ3n) is 9.43. The molecule has 0 aliphatic rings. The molecule has 3 unspecified atom stereocenters. The minimum absolute atomic E-state index is 0.0121. The lowest BCUT2D eigenvalue weighted by molar-refractivity contribution is -0.162. The van der Waals surface area contributed by atoms with Crippen LogP contribution in [0.1, 0.15) is 181 Å². The molecule has 0 spiro atoms. The van der Waals surface area contributed by atoms with E-state index >= 15 is 0 Å². The summed E-state index contributed by atoms with van der Waals surface area (Å²) in [6, 6.07) is 0. The Hall–Kier alpha value is -2.09. The van der Waals surface area contributed by atoms with Crippen LogP contribution < -0.4 is 10.6 Å². The number of ether oxygens (including phenoxy) is 4. The third kappa shape index (κ3) is 37.9. The molecule has 0 aromatic carbocycles. The zero-order valence-electron chi connectivity index (χ0n) is 36.2. The Labute approximate surface area is 344 Å². The molecule has 0 saturated carbocycles. The second-order valence-corrected chi connectivity index (χ2v) is 16.4. The van der Waals surface area contributed by atoms with Gasteiger partial charge in [0, 0.05) is 25.9 Å². The fourth-order valence-electron chi connectivity index (χ4n) is 5.95. The summed E-state index contributed by atoms with van der Waals surface area (Å²) >= 11 is 0. The molecule has 15 heteroatoms. The van der Waals surface area contributed by atoms with Crippen LogP contribution in [-0.2, 0) is 51.7 Å². The molecule has 14 nitrogen and oxygen atoms in total. The SMILES string of the molecule is CCCCCCCCCCCCCC(=O)OCC(COP(=O)(O)OCC(COC(=O)CCNC)OC(=O)CCNC)OC(=O)CCCCCCCCCCCCC. The van der Waals surface area contributed by atoms with Crippen molar-refractivity contribution in [3.05, 3.63) is 0 Å². The first-order chi connectivity index (χ1) is 27.6. The molecule has 336 valence electrons. The fraction of sp³-hybridized carbons (Fsp3) is 0.905. The molecule has 0 rings (SSSR count). The minimum atomic E-state index is -4.80. The average Bonchev–Trinajstić information content (AvgIpc) is 3.19. The Morgan fingerprint density at radius 1 is 0.456 bits per heavy atom. The third-order valence-corrected chi connectivity index (χ3v) is 10.4. The highest BCUT2D eigenvalue weighted by atomic mass is 31.2. The lowest BCUT2D eigenvalue weighted by Crippen LogP contribution is -2.31. The van der Waals surface area contributed by atoms with Crippen LogP contribution in [0.4, 0.5) is 0 Å². The monoisotopic (exact) mass is 837 g/mol. The van der Waals surface area contributed by atoms with E-state index in [-0.39, 0.29) is 32.3 Å². The predicted molar refractivity (Wildman–Crippen MR) is 223 cm³/mol. The molecule has 0 radical (unpaired) electrons. The Kier molecular flexibility index (Phi) is 37.9. The van der Waals surface area contributed by atoms with E-state index in [1.807, 2.05) is 0 Å². The molecular formula is C42H81N2O12P. The van der Waals surface area contributed by atoms with Gasteiger partial charge in [-0.1, -0.05) is 142 Å². The van der Waals surface area contributed by atoms with Crippen molar-refractivity contribution in [2.45, 2.75) is 193 Å². The first-order valence-electron chi connectivity index (χ1n) is 22.2. The summed E-state index contributed by atoms with van der Waals surface area (Å²) in [5.74, 6) is -2.16. The van der Waals surface area contributed by atoms with Crippen molar-refractivity contribution in [3.8, 4) is 0 Å². The van der Waals surface area contributed by atoms with E-state index in [2.05, 4.69) is 24.5 Å². The zero-order chi connectivity index (χ0) is 42.2. The molecule has 0 aromatic rings. The molecule has 0 heterocycles. The lowest BCUT2D eigenvalue weighted by atomic mass is 10.1. The topological polar surface area (TPSA) is 185 Å². The molecule has 3 N–H and O–H groups in total. The van der Waals surface area contributed by atoms with Crippen molar-refractivity contribution in [1.82, 2.24) is 10.6 Å². The number of carbonyl (C=O) groups is 4. The summed E-state index contributed by atoms with van der Waals surface area (Å²) in [7, 11) is -1.45. The van der Waals surface area contributed by atoms with Gasteiger partial charge < -0.3 is 34.5 Å². The summed E-state index contributed by atoms with van der Waals surface area (Å²) in [6.07, 6.45) is 23.3. The summed E-state index contributed by atoms with van der Waals surface area (Å²) in [4.78, 5) is 60.1. The van der Waals surface area contributed by atoms with Crippen LogP contribution in [0.25, 0.3) is 0 Å². The van der Waals surface area contributed by atoms with E-state index in [1.54, 1.807) is 14.1 Å². The van der Waals surface area contributed by atoms with Gasteiger partial charge in [0.1, 0.15) is 13.2 Å². The molecule has 0 bridgehead atoms. The van der Waals surface area contributed by atoms with Gasteiger partial charge >= 0.3 is 31.7 Å². The molecule has 0 amide bonds. The molecular weight excluding hydrogens is 755 g/mol. The summed E-state index contributed by atoms with van der Waals surface area (Å²) < 4.78 is 44.6. The second-order valence-electron chi connectivity index (χ2n) is 14.9. The summed E-state index contributed by atoms with van der Waals surface area (Å²) in [5.41, 5.74) is 0. The van der Waals surface area contributed by atoms with Gasteiger partial charge in [0.2, 0.25) is 0 Å². The van der Waals surface area contributed by atoms with E-state index < -0.39 is 63.7 Å². The van der Waals surface area contributed by atoms with Crippen LogP contribution in [0.2, 0.25) is 0 Å². The van der Waals surface area contributed by atoms with Gasteiger partial charge in [0.15, 0.2) is 12.2 Å². The second kappa shape index (κ2) is 39.4. The average molecular weight is 837 g/mol. The van der Waals surface area contributed by atoms with Crippen molar-refractivity contribution in [2.75, 3.05) is 53.6 Å². The van der Waals surface area contributed by atoms with Crippen LogP contribution >= 0.6 is 7.82 Å². The van der Waals surface area contributed by atoms with Crippen LogP contribution in [0.3, 0.4) is 0 Å². The molecule has 0 fully saturated rings. The van der Waals surface area contributed by atoms with Crippen molar-refractivity contribution in [1.29, 1.82) is 0 Å². The van der Waals surface area contributed by atoms with E-state index in [0.29, 0.717) is 25.9 Å². The number of unbranched alkanes of at least 4 members (excludes halogenated alkanes) is 20. The number of rotatable bonds is 42.